The van der Waals surface area contributed by atoms with Crippen molar-refractivity contribution in [2.75, 3.05) is 23.3 Å². The predicted molar refractivity (Wildman–Crippen MR) is 113 cm³/mol. The molecule has 1 fully saturated rings. The minimum Gasteiger partial charge on any atom is -0.479 e. The van der Waals surface area contributed by atoms with Crippen LogP contribution in [0, 0.1) is 12.3 Å². The van der Waals surface area contributed by atoms with Crippen LogP contribution in [0.1, 0.15) is 42.9 Å². The SMILES string of the molecule is CCC(Nc1ccc(C(=N)N)cc1)(C(=O)O)c1cc(C)cc(N2CCCC2)c1. The summed E-state index contributed by atoms with van der Waals surface area (Å²) in [7, 11) is 0. The van der Waals surface area contributed by atoms with Gasteiger partial charge in [0.15, 0.2) is 5.54 Å². The zero-order valence-electron chi connectivity index (χ0n) is 16.5. The van der Waals surface area contributed by atoms with E-state index in [0.29, 0.717) is 17.7 Å². The Morgan fingerprint density at radius 3 is 2.39 bits per heavy atom. The number of carbonyl (C=O) groups is 1. The number of aliphatic carboxylic acids is 1. The molecule has 0 bridgehead atoms. The lowest BCUT2D eigenvalue weighted by atomic mass is 9.85. The Bertz CT molecular complexity index is 873. The van der Waals surface area contributed by atoms with E-state index in [1.807, 2.05) is 26.0 Å². The van der Waals surface area contributed by atoms with E-state index in [4.69, 9.17) is 11.1 Å². The molecule has 1 aliphatic heterocycles. The Morgan fingerprint density at radius 1 is 1.21 bits per heavy atom. The number of carboxylic acids is 1. The van der Waals surface area contributed by atoms with Gasteiger partial charge >= 0.3 is 5.97 Å². The summed E-state index contributed by atoms with van der Waals surface area (Å²) in [5, 5.41) is 21.0. The van der Waals surface area contributed by atoms with Crippen LogP contribution in [-0.2, 0) is 10.3 Å². The van der Waals surface area contributed by atoms with E-state index in [1.54, 1.807) is 24.3 Å². The van der Waals surface area contributed by atoms with Crippen molar-refractivity contribution in [3.63, 3.8) is 0 Å². The minimum absolute atomic E-state index is 0.0134. The zero-order valence-corrected chi connectivity index (χ0v) is 16.5. The Balaban J connectivity index is 2.01. The number of nitrogens with two attached hydrogens (primary N) is 1. The van der Waals surface area contributed by atoms with Crippen molar-refractivity contribution in [2.45, 2.75) is 38.6 Å². The number of nitrogen functional groups attached to an aromatic ring is 1. The number of carboxylic acid groups (broad SMARTS) is 1. The van der Waals surface area contributed by atoms with Crippen LogP contribution in [0.25, 0.3) is 0 Å². The molecule has 0 saturated carbocycles. The highest BCUT2D eigenvalue weighted by Crippen LogP contribution is 2.34. The van der Waals surface area contributed by atoms with Crippen molar-refractivity contribution in [3.05, 3.63) is 59.2 Å². The van der Waals surface area contributed by atoms with Gasteiger partial charge in [0.2, 0.25) is 0 Å². The molecule has 6 nitrogen and oxygen atoms in total. The summed E-state index contributed by atoms with van der Waals surface area (Å²) >= 11 is 0. The number of hydrogen-bond acceptors (Lipinski definition) is 4. The van der Waals surface area contributed by atoms with Crippen molar-refractivity contribution in [1.82, 2.24) is 0 Å². The lowest BCUT2D eigenvalue weighted by Gasteiger charge is -2.32. The average Bonchev–Trinajstić information content (AvgIpc) is 3.20. The second-order valence-corrected chi connectivity index (χ2v) is 7.43. The van der Waals surface area contributed by atoms with E-state index >= 15 is 0 Å². The third kappa shape index (κ3) is 3.81. The van der Waals surface area contributed by atoms with Crippen molar-refractivity contribution in [3.8, 4) is 0 Å². The Labute approximate surface area is 165 Å². The van der Waals surface area contributed by atoms with E-state index in [0.717, 1.165) is 29.9 Å². The second-order valence-electron chi connectivity index (χ2n) is 7.43. The third-order valence-electron chi connectivity index (χ3n) is 5.48. The fraction of sp³-hybridized carbons (Fsp3) is 0.364. The zero-order chi connectivity index (χ0) is 20.3. The molecule has 0 aromatic heterocycles. The Morgan fingerprint density at radius 2 is 1.86 bits per heavy atom. The van der Waals surface area contributed by atoms with E-state index in [9.17, 15) is 9.90 Å². The molecule has 148 valence electrons. The van der Waals surface area contributed by atoms with E-state index in [1.165, 1.54) is 12.8 Å². The fourth-order valence-corrected chi connectivity index (χ4v) is 3.84. The summed E-state index contributed by atoms with van der Waals surface area (Å²) in [6, 6.07) is 13.1. The monoisotopic (exact) mass is 380 g/mol. The van der Waals surface area contributed by atoms with Crippen LogP contribution < -0.4 is 16.0 Å². The first kappa shape index (κ1) is 19.7. The van der Waals surface area contributed by atoms with Crippen LogP contribution in [0.3, 0.4) is 0 Å². The van der Waals surface area contributed by atoms with Gasteiger partial charge < -0.3 is 21.1 Å². The summed E-state index contributed by atoms with van der Waals surface area (Å²) in [5.41, 5.74) is 8.44. The van der Waals surface area contributed by atoms with Crippen LogP contribution in [-0.4, -0.2) is 30.0 Å². The molecule has 3 rings (SSSR count). The number of hydrogen-bond donors (Lipinski definition) is 4. The molecule has 5 N–H and O–H groups in total. The van der Waals surface area contributed by atoms with Crippen molar-refractivity contribution < 1.29 is 9.90 Å². The topological polar surface area (TPSA) is 102 Å². The van der Waals surface area contributed by atoms with Crippen LogP contribution in [0.5, 0.6) is 0 Å². The highest BCUT2D eigenvalue weighted by Gasteiger charge is 2.39. The quantitative estimate of drug-likeness (QED) is 0.433. The molecule has 6 heteroatoms. The van der Waals surface area contributed by atoms with Gasteiger partial charge in [0.05, 0.1) is 0 Å². The Hall–Kier alpha value is -3.02. The molecule has 1 aliphatic rings. The number of anilines is 2. The molecular formula is C22H28N4O2. The van der Waals surface area contributed by atoms with Gasteiger partial charge in [0.1, 0.15) is 5.84 Å². The summed E-state index contributed by atoms with van der Waals surface area (Å²) in [6.45, 7) is 5.90. The van der Waals surface area contributed by atoms with Gasteiger partial charge in [-0.05, 0) is 73.7 Å². The van der Waals surface area contributed by atoms with Crippen LogP contribution in [0.15, 0.2) is 42.5 Å². The molecule has 28 heavy (non-hydrogen) atoms. The molecule has 0 spiro atoms. The molecule has 1 heterocycles. The van der Waals surface area contributed by atoms with Gasteiger partial charge in [-0.1, -0.05) is 13.0 Å². The second kappa shape index (κ2) is 7.92. The smallest absolute Gasteiger partial charge is 0.334 e. The van der Waals surface area contributed by atoms with Gasteiger partial charge in [-0.15, -0.1) is 0 Å². The van der Waals surface area contributed by atoms with E-state index < -0.39 is 11.5 Å². The van der Waals surface area contributed by atoms with Crippen LogP contribution >= 0.6 is 0 Å². The first-order chi connectivity index (χ1) is 13.4. The Kier molecular flexibility index (Phi) is 5.58. The molecule has 0 radical (unpaired) electrons. The fourth-order valence-electron chi connectivity index (χ4n) is 3.84. The molecule has 2 aromatic rings. The van der Waals surface area contributed by atoms with E-state index in [-0.39, 0.29) is 5.84 Å². The summed E-state index contributed by atoms with van der Waals surface area (Å²) < 4.78 is 0. The van der Waals surface area contributed by atoms with Gasteiger partial charge in [-0.3, -0.25) is 5.41 Å². The van der Waals surface area contributed by atoms with Gasteiger partial charge in [-0.2, -0.15) is 0 Å². The summed E-state index contributed by atoms with van der Waals surface area (Å²) in [4.78, 5) is 14.8. The normalized spacial score (nSPS) is 15.9. The first-order valence-electron chi connectivity index (χ1n) is 9.69. The molecule has 1 unspecified atom stereocenters. The maximum atomic E-state index is 12.4. The average molecular weight is 380 g/mol. The largest absolute Gasteiger partial charge is 0.479 e. The van der Waals surface area contributed by atoms with Gasteiger partial charge in [0.25, 0.3) is 0 Å². The molecule has 2 aromatic carbocycles. The van der Waals surface area contributed by atoms with E-state index in [2.05, 4.69) is 16.3 Å². The van der Waals surface area contributed by atoms with Gasteiger partial charge in [-0.25, -0.2) is 4.79 Å². The highest BCUT2D eigenvalue weighted by molar-refractivity contribution is 5.95. The number of nitrogens with one attached hydrogen (secondary N) is 2. The molecule has 0 aliphatic carbocycles. The van der Waals surface area contributed by atoms with Crippen LogP contribution in [0.4, 0.5) is 11.4 Å². The number of nitrogens with zero attached hydrogens (tertiary/aromatic N) is 1. The van der Waals surface area contributed by atoms with Crippen LogP contribution in [0.2, 0.25) is 0 Å². The number of rotatable bonds is 7. The van der Waals surface area contributed by atoms with Crippen molar-refractivity contribution in [2.24, 2.45) is 5.73 Å². The maximum absolute atomic E-state index is 12.4. The number of benzene rings is 2. The minimum atomic E-state index is -1.24. The predicted octanol–water partition coefficient (Wildman–Crippen LogP) is 3.68. The number of amidine groups is 1. The van der Waals surface area contributed by atoms with Gasteiger partial charge in [0, 0.05) is 30.0 Å². The lowest BCUT2D eigenvalue weighted by Crippen LogP contribution is -2.43. The molecular weight excluding hydrogens is 352 g/mol. The molecule has 1 saturated heterocycles. The lowest BCUT2D eigenvalue weighted by molar-refractivity contribution is -0.142. The summed E-state index contributed by atoms with van der Waals surface area (Å²) in [6.07, 6.45) is 2.73. The standard InChI is InChI=1S/C22H28N4O2/c1-3-22(21(27)28,25-18-8-6-16(7-9-18)20(23)24)17-12-15(2)13-19(14-17)26-10-4-5-11-26/h6-9,12-14,25H,3-5,10-11H2,1-2H3,(H3,23,24)(H,27,28). The molecule has 1 atom stereocenters. The number of aryl methyl sites for hydroxylation is 1. The van der Waals surface area contributed by atoms with Crippen molar-refractivity contribution in [1.29, 1.82) is 5.41 Å². The third-order valence-corrected chi connectivity index (χ3v) is 5.48. The van der Waals surface area contributed by atoms with Crippen molar-refractivity contribution >= 4 is 23.2 Å². The first-order valence-corrected chi connectivity index (χ1v) is 9.69. The summed E-state index contributed by atoms with van der Waals surface area (Å²) in [5.74, 6) is -0.927. The maximum Gasteiger partial charge on any atom is 0.334 e. The highest BCUT2D eigenvalue weighted by atomic mass is 16.4. The molecule has 0 amide bonds.